The van der Waals surface area contributed by atoms with Gasteiger partial charge in [0, 0.05) is 18.7 Å². The second-order valence-corrected chi connectivity index (χ2v) is 5.02. The fourth-order valence-corrected chi connectivity index (χ4v) is 2.90. The number of aromatic nitrogens is 2. The van der Waals surface area contributed by atoms with Gasteiger partial charge in [-0.2, -0.15) is 5.10 Å². The van der Waals surface area contributed by atoms with Crippen LogP contribution >= 0.6 is 0 Å². The Morgan fingerprint density at radius 3 is 2.75 bits per heavy atom. The molecule has 98 valence electrons. The van der Waals surface area contributed by atoms with E-state index in [1.165, 1.54) is 5.39 Å². The standard InChI is InChI=1S/C16H13N3O/c1-18-15(8-9-17-18)19-10-14-12-5-3-2-4-11(12)6-7-13(14)16(19)20/h2-9H,10H2,1H3. The van der Waals surface area contributed by atoms with Crippen molar-refractivity contribution in [3.05, 3.63) is 59.8 Å². The zero-order valence-corrected chi connectivity index (χ0v) is 11.1. The van der Waals surface area contributed by atoms with Crippen molar-refractivity contribution in [3.8, 4) is 0 Å². The van der Waals surface area contributed by atoms with Crippen LogP contribution in [0, 0.1) is 0 Å². The minimum atomic E-state index is 0.0503. The van der Waals surface area contributed by atoms with E-state index in [0.29, 0.717) is 6.54 Å². The molecule has 4 nitrogen and oxygen atoms in total. The molecule has 0 radical (unpaired) electrons. The molecular weight excluding hydrogens is 250 g/mol. The number of nitrogens with zero attached hydrogens (tertiary/aromatic N) is 3. The van der Waals surface area contributed by atoms with Gasteiger partial charge in [0.25, 0.3) is 5.91 Å². The minimum Gasteiger partial charge on any atom is -0.288 e. The van der Waals surface area contributed by atoms with Crippen LogP contribution in [-0.2, 0) is 13.6 Å². The summed E-state index contributed by atoms with van der Waals surface area (Å²) in [6.45, 7) is 0.606. The maximum atomic E-state index is 12.6. The van der Waals surface area contributed by atoms with Crippen LogP contribution < -0.4 is 4.90 Å². The molecule has 4 rings (SSSR count). The maximum absolute atomic E-state index is 12.6. The fraction of sp³-hybridized carbons (Fsp3) is 0.125. The zero-order chi connectivity index (χ0) is 13.7. The molecule has 1 aliphatic heterocycles. The summed E-state index contributed by atoms with van der Waals surface area (Å²) < 4.78 is 1.73. The first-order chi connectivity index (χ1) is 9.75. The molecule has 1 amide bonds. The van der Waals surface area contributed by atoms with Gasteiger partial charge in [0.1, 0.15) is 5.82 Å². The highest BCUT2D eigenvalue weighted by atomic mass is 16.2. The molecule has 2 heterocycles. The minimum absolute atomic E-state index is 0.0503. The van der Waals surface area contributed by atoms with E-state index in [-0.39, 0.29) is 5.91 Å². The molecule has 20 heavy (non-hydrogen) atoms. The van der Waals surface area contributed by atoms with E-state index < -0.39 is 0 Å². The lowest BCUT2D eigenvalue weighted by atomic mass is 10.0. The Kier molecular flexibility index (Phi) is 2.21. The number of amides is 1. The quantitative estimate of drug-likeness (QED) is 0.677. The van der Waals surface area contributed by atoms with E-state index in [0.717, 1.165) is 22.3 Å². The van der Waals surface area contributed by atoms with Crippen LogP contribution in [0.3, 0.4) is 0 Å². The van der Waals surface area contributed by atoms with Crippen molar-refractivity contribution in [2.24, 2.45) is 7.05 Å². The first-order valence-electron chi connectivity index (χ1n) is 6.56. The predicted molar refractivity (Wildman–Crippen MR) is 77.7 cm³/mol. The average Bonchev–Trinajstić information content (AvgIpc) is 3.03. The SMILES string of the molecule is Cn1nccc1N1Cc2c(ccc3ccccc23)C1=O. The Morgan fingerprint density at radius 2 is 1.95 bits per heavy atom. The van der Waals surface area contributed by atoms with Crippen molar-refractivity contribution < 1.29 is 4.79 Å². The second-order valence-electron chi connectivity index (χ2n) is 5.02. The molecule has 2 aromatic carbocycles. The number of carbonyl (C=O) groups excluding carboxylic acids is 1. The van der Waals surface area contributed by atoms with Crippen molar-refractivity contribution in [1.29, 1.82) is 0 Å². The van der Waals surface area contributed by atoms with Gasteiger partial charge >= 0.3 is 0 Å². The Balaban J connectivity index is 1.90. The van der Waals surface area contributed by atoms with E-state index in [1.54, 1.807) is 15.8 Å². The summed E-state index contributed by atoms with van der Waals surface area (Å²) in [6, 6.07) is 14.0. The van der Waals surface area contributed by atoms with Crippen molar-refractivity contribution in [2.45, 2.75) is 6.54 Å². The Morgan fingerprint density at radius 1 is 1.10 bits per heavy atom. The molecule has 0 fully saturated rings. The first-order valence-corrected chi connectivity index (χ1v) is 6.56. The number of hydrogen-bond acceptors (Lipinski definition) is 2. The molecule has 0 N–H and O–H groups in total. The summed E-state index contributed by atoms with van der Waals surface area (Å²) in [7, 11) is 1.85. The fourth-order valence-electron chi connectivity index (χ4n) is 2.90. The lowest BCUT2D eigenvalue weighted by Crippen LogP contribution is -2.25. The summed E-state index contributed by atoms with van der Waals surface area (Å²) >= 11 is 0. The summed E-state index contributed by atoms with van der Waals surface area (Å²) in [5, 5.41) is 6.47. The smallest absolute Gasteiger partial charge is 0.260 e. The van der Waals surface area contributed by atoms with E-state index in [9.17, 15) is 4.79 Å². The highest BCUT2D eigenvalue weighted by Crippen LogP contribution is 2.32. The van der Waals surface area contributed by atoms with Gasteiger partial charge in [-0.25, -0.2) is 0 Å². The van der Waals surface area contributed by atoms with E-state index in [2.05, 4.69) is 17.2 Å². The van der Waals surface area contributed by atoms with Gasteiger partial charge in [0.05, 0.1) is 12.7 Å². The molecule has 1 aromatic heterocycles. The van der Waals surface area contributed by atoms with Crippen LogP contribution in [0.25, 0.3) is 10.8 Å². The van der Waals surface area contributed by atoms with Crippen LogP contribution in [0.15, 0.2) is 48.7 Å². The number of carbonyl (C=O) groups is 1. The molecule has 4 heteroatoms. The third-order valence-electron chi connectivity index (χ3n) is 3.90. The van der Waals surface area contributed by atoms with Crippen LogP contribution in [0.2, 0.25) is 0 Å². The van der Waals surface area contributed by atoms with E-state index in [1.807, 2.05) is 37.4 Å². The van der Waals surface area contributed by atoms with Crippen LogP contribution in [0.5, 0.6) is 0 Å². The third kappa shape index (κ3) is 1.42. The summed E-state index contributed by atoms with van der Waals surface area (Å²) in [6.07, 6.45) is 1.71. The maximum Gasteiger partial charge on any atom is 0.260 e. The number of hydrogen-bond donors (Lipinski definition) is 0. The molecule has 0 atom stereocenters. The van der Waals surface area contributed by atoms with Crippen LogP contribution in [0.1, 0.15) is 15.9 Å². The third-order valence-corrected chi connectivity index (χ3v) is 3.90. The van der Waals surface area contributed by atoms with Gasteiger partial charge in [-0.3, -0.25) is 14.4 Å². The van der Waals surface area contributed by atoms with Gasteiger partial charge in [-0.15, -0.1) is 0 Å². The zero-order valence-electron chi connectivity index (χ0n) is 11.1. The molecule has 0 spiro atoms. The summed E-state index contributed by atoms with van der Waals surface area (Å²) in [4.78, 5) is 14.4. The predicted octanol–water partition coefficient (Wildman–Crippen LogP) is 2.73. The lowest BCUT2D eigenvalue weighted by Gasteiger charge is -2.15. The first kappa shape index (κ1) is 11.2. The van der Waals surface area contributed by atoms with Gasteiger partial charge in [0.2, 0.25) is 0 Å². The van der Waals surface area contributed by atoms with Crippen molar-refractivity contribution >= 4 is 22.5 Å². The van der Waals surface area contributed by atoms with Crippen molar-refractivity contribution in [3.63, 3.8) is 0 Å². The van der Waals surface area contributed by atoms with Gasteiger partial charge in [-0.05, 0) is 22.4 Å². The topological polar surface area (TPSA) is 38.1 Å². The number of fused-ring (bicyclic) bond motifs is 3. The number of benzene rings is 2. The molecule has 0 bridgehead atoms. The molecule has 3 aromatic rings. The average molecular weight is 263 g/mol. The number of anilines is 1. The van der Waals surface area contributed by atoms with Crippen molar-refractivity contribution in [1.82, 2.24) is 9.78 Å². The molecule has 0 aliphatic carbocycles. The van der Waals surface area contributed by atoms with Crippen LogP contribution in [0.4, 0.5) is 5.82 Å². The monoisotopic (exact) mass is 263 g/mol. The molecule has 0 saturated carbocycles. The summed E-state index contributed by atoms with van der Waals surface area (Å²) in [5.74, 6) is 0.879. The van der Waals surface area contributed by atoms with Gasteiger partial charge in [-0.1, -0.05) is 30.3 Å². The largest absolute Gasteiger partial charge is 0.288 e. The lowest BCUT2D eigenvalue weighted by molar-refractivity contribution is 0.0995. The second kappa shape index (κ2) is 3.93. The van der Waals surface area contributed by atoms with Crippen LogP contribution in [-0.4, -0.2) is 15.7 Å². The van der Waals surface area contributed by atoms with E-state index in [4.69, 9.17) is 0 Å². The number of rotatable bonds is 1. The highest BCUT2D eigenvalue weighted by molar-refractivity contribution is 6.13. The Hall–Kier alpha value is -2.62. The van der Waals surface area contributed by atoms with Gasteiger partial charge in [0.15, 0.2) is 0 Å². The number of aryl methyl sites for hydroxylation is 1. The summed E-state index contributed by atoms with van der Waals surface area (Å²) in [5.41, 5.74) is 1.90. The Bertz CT molecular complexity index is 835. The molecular formula is C16H13N3O. The Labute approximate surface area is 116 Å². The molecule has 0 saturated heterocycles. The van der Waals surface area contributed by atoms with Crippen molar-refractivity contribution in [2.75, 3.05) is 4.90 Å². The molecule has 1 aliphatic rings. The highest BCUT2D eigenvalue weighted by Gasteiger charge is 2.31. The van der Waals surface area contributed by atoms with Gasteiger partial charge < -0.3 is 0 Å². The molecule has 0 unspecified atom stereocenters. The normalized spacial score (nSPS) is 14.1. The van der Waals surface area contributed by atoms with E-state index >= 15 is 0 Å².